The van der Waals surface area contributed by atoms with Crippen LogP contribution in [0.15, 0.2) is 4.99 Å². The molecule has 2 unspecified atom stereocenters. The molecule has 160 valence electrons. The molecule has 27 heavy (non-hydrogen) atoms. The van der Waals surface area contributed by atoms with Gasteiger partial charge in [-0.1, -0.05) is 13.8 Å². The zero-order valence-corrected chi connectivity index (χ0v) is 20.4. The summed E-state index contributed by atoms with van der Waals surface area (Å²) >= 11 is 0. The number of guanidine groups is 1. The first-order chi connectivity index (χ1) is 12.5. The molecule has 2 aliphatic heterocycles. The highest BCUT2D eigenvalue weighted by Crippen LogP contribution is 2.17. The number of nitrogens with one attached hydrogen (secondary N) is 2. The van der Waals surface area contributed by atoms with Crippen molar-refractivity contribution in [1.29, 1.82) is 0 Å². The molecule has 0 spiro atoms. The molecule has 2 aliphatic rings. The second-order valence-corrected chi connectivity index (χ2v) is 8.58. The van der Waals surface area contributed by atoms with Gasteiger partial charge < -0.3 is 20.3 Å². The molecule has 2 saturated heterocycles. The lowest BCUT2D eigenvalue weighted by Crippen LogP contribution is -2.51. The van der Waals surface area contributed by atoms with Crippen molar-refractivity contribution < 1.29 is 4.74 Å². The van der Waals surface area contributed by atoms with Crippen LogP contribution in [0.3, 0.4) is 0 Å². The number of hydrogen-bond acceptors (Lipinski definition) is 4. The molecule has 0 amide bonds. The first-order valence-corrected chi connectivity index (χ1v) is 10.5. The van der Waals surface area contributed by atoms with Crippen molar-refractivity contribution in [3.8, 4) is 0 Å². The smallest absolute Gasteiger partial charge is 0.191 e. The number of nitrogens with zero attached hydrogens (tertiary/aromatic N) is 3. The summed E-state index contributed by atoms with van der Waals surface area (Å²) in [5.74, 6) is 2.31. The van der Waals surface area contributed by atoms with Gasteiger partial charge in [0.1, 0.15) is 0 Å². The van der Waals surface area contributed by atoms with Gasteiger partial charge in [0.2, 0.25) is 0 Å². The lowest BCUT2D eigenvalue weighted by Gasteiger charge is -2.36. The maximum absolute atomic E-state index is 5.93. The van der Waals surface area contributed by atoms with Crippen LogP contribution >= 0.6 is 24.0 Å². The third-order valence-electron chi connectivity index (χ3n) is 5.41. The van der Waals surface area contributed by atoms with E-state index in [0.29, 0.717) is 17.9 Å². The van der Waals surface area contributed by atoms with E-state index in [0.717, 1.165) is 45.3 Å². The van der Waals surface area contributed by atoms with Crippen molar-refractivity contribution in [3.63, 3.8) is 0 Å². The number of aliphatic imine (C=N–C) groups is 1. The van der Waals surface area contributed by atoms with E-state index < -0.39 is 0 Å². The Labute approximate surface area is 183 Å². The van der Waals surface area contributed by atoms with Crippen LogP contribution in [-0.2, 0) is 4.74 Å². The fourth-order valence-corrected chi connectivity index (χ4v) is 3.99. The quantitative estimate of drug-likeness (QED) is 0.323. The minimum absolute atomic E-state index is 0. The molecular weight excluding hydrogens is 453 g/mol. The molecule has 2 fully saturated rings. The number of halogens is 1. The Kier molecular flexibility index (Phi) is 12.2. The average Bonchev–Trinajstić information content (AvgIpc) is 2.62. The van der Waals surface area contributed by atoms with Crippen molar-refractivity contribution in [2.45, 2.75) is 52.7 Å². The fourth-order valence-electron chi connectivity index (χ4n) is 3.99. The summed E-state index contributed by atoms with van der Waals surface area (Å²) in [7, 11) is 1.85. The summed E-state index contributed by atoms with van der Waals surface area (Å²) in [6.45, 7) is 17.4. The fraction of sp³-hybridized carbons (Fsp3) is 0.950. The Morgan fingerprint density at radius 3 is 2.52 bits per heavy atom. The molecule has 0 radical (unpaired) electrons. The largest absolute Gasteiger partial charge is 0.374 e. The molecule has 2 N–H and O–H groups in total. The van der Waals surface area contributed by atoms with Crippen molar-refractivity contribution in [2.75, 3.05) is 59.5 Å². The Morgan fingerprint density at radius 2 is 1.85 bits per heavy atom. The summed E-state index contributed by atoms with van der Waals surface area (Å²) in [5, 5.41) is 6.98. The number of ether oxygens (including phenoxy) is 1. The van der Waals surface area contributed by atoms with E-state index in [-0.39, 0.29) is 30.1 Å². The van der Waals surface area contributed by atoms with Crippen LogP contribution < -0.4 is 10.6 Å². The van der Waals surface area contributed by atoms with Crippen molar-refractivity contribution in [3.05, 3.63) is 0 Å². The molecule has 2 atom stereocenters. The van der Waals surface area contributed by atoms with Crippen LogP contribution in [0.2, 0.25) is 0 Å². The van der Waals surface area contributed by atoms with Gasteiger partial charge in [-0.3, -0.25) is 9.89 Å². The molecule has 6 nitrogen and oxygen atoms in total. The second-order valence-electron chi connectivity index (χ2n) is 8.58. The molecule has 7 heteroatoms. The SMILES string of the molecule is CN=C(NCC1CCCN(C(C)C)C1)NCC1CN(CC(C)C)CCO1.I. The third kappa shape index (κ3) is 9.28. The normalized spacial score (nSPS) is 25.5. The van der Waals surface area contributed by atoms with Gasteiger partial charge in [0.15, 0.2) is 5.96 Å². The summed E-state index contributed by atoms with van der Waals surface area (Å²) in [6, 6.07) is 0.646. The highest BCUT2D eigenvalue weighted by atomic mass is 127. The molecule has 0 aromatic carbocycles. The summed E-state index contributed by atoms with van der Waals surface area (Å²) in [5.41, 5.74) is 0. The molecule has 0 aliphatic carbocycles. The third-order valence-corrected chi connectivity index (χ3v) is 5.41. The van der Waals surface area contributed by atoms with Gasteiger partial charge in [0, 0.05) is 52.4 Å². The van der Waals surface area contributed by atoms with Crippen molar-refractivity contribution >= 4 is 29.9 Å². The minimum atomic E-state index is 0. The van der Waals surface area contributed by atoms with Crippen LogP contribution in [-0.4, -0.2) is 87.4 Å². The van der Waals surface area contributed by atoms with Gasteiger partial charge in [-0.15, -0.1) is 24.0 Å². The number of morpholine rings is 1. The predicted molar refractivity (Wildman–Crippen MR) is 125 cm³/mol. The van der Waals surface area contributed by atoms with Gasteiger partial charge >= 0.3 is 0 Å². The van der Waals surface area contributed by atoms with E-state index in [2.05, 4.69) is 53.1 Å². The molecule has 0 bridgehead atoms. The van der Waals surface area contributed by atoms with Crippen LogP contribution in [0.25, 0.3) is 0 Å². The number of hydrogen-bond donors (Lipinski definition) is 2. The molecule has 0 aromatic heterocycles. The number of rotatable bonds is 7. The Bertz CT molecular complexity index is 433. The van der Waals surface area contributed by atoms with E-state index in [9.17, 15) is 0 Å². The number of piperidine rings is 1. The highest BCUT2D eigenvalue weighted by molar-refractivity contribution is 14.0. The van der Waals surface area contributed by atoms with E-state index in [1.165, 1.54) is 25.9 Å². The summed E-state index contributed by atoms with van der Waals surface area (Å²) in [4.78, 5) is 9.49. The van der Waals surface area contributed by atoms with Crippen LogP contribution in [0.4, 0.5) is 0 Å². The number of likely N-dealkylation sites (tertiary alicyclic amines) is 1. The summed E-state index contributed by atoms with van der Waals surface area (Å²) in [6.07, 6.45) is 2.86. The van der Waals surface area contributed by atoms with Crippen LogP contribution in [0, 0.1) is 11.8 Å². The van der Waals surface area contributed by atoms with Crippen LogP contribution in [0.1, 0.15) is 40.5 Å². The van der Waals surface area contributed by atoms with Gasteiger partial charge in [0.25, 0.3) is 0 Å². The molecular formula is C20H42IN5O. The van der Waals surface area contributed by atoms with Gasteiger partial charge in [-0.2, -0.15) is 0 Å². The van der Waals surface area contributed by atoms with Crippen molar-refractivity contribution in [1.82, 2.24) is 20.4 Å². The first-order valence-electron chi connectivity index (χ1n) is 10.5. The summed E-state index contributed by atoms with van der Waals surface area (Å²) < 4.78 is 5.93. The standard InChI is InChI=1S/C20H41N5O.HI/c1-16(2)13-24-9-10-26-19(15-24)12-23-20(21-5)22-11-18-7-6-8-25(14-18)17(3)4;/h16-19H,6-15H2,1-5H3,(H2,21,22,23);1H. The van der Waals surface area contributed by atoms with Gasteiger partial charge in [-0.05, 0) is 45.1 Å². The lowest BCUT2D eigenvalue weighted by atomic mass is 9.97. The van der Waals surface area contributed by atoms with E-state index >= 15 is 0 Å². The Hall–Kier alpha value is -0.120. The van der Waals surface area contributed by atoms with Gasteiger partial charge in [-0.25, -0.2) is 0 Å². The van der Waals surface area contributed by atoms with E-state index in [1.54, 1.807) is 0 Å². The minimum Gasteiger partial charge on any atom is -0.374 e. The van der Waals surface area contributed by atoms with Crippen LogP contribution in [0.5, 0.6) is 0 Å². The topological polar surface area (TPSA) is 52.1 Å². The maximum Gasteiger partial charge on any atom is 0.191 e. The highest BCUT2D eigenvalue weighted by Gasteiger charge is 2.23. The average molecular weight is 495 g/mol. The van der Waals surface area contributed by atoms with E-state index in [1.807, 2.05) is 7.05 Å². The first kappa shape index (κ1) is 24.9. The predicted octanol–water partition coefficient (Wildman–Crippen LogP) is 2.25. The zero-order valence-electron chi connectivity index (χ0n) is 18.0. The molecule has 2 heterocycles. The Balaban J connectivity index is 0.00000364. The molecule has 0 aromatic rings. The monoisotopic (exact) mass is 495 g/mol. The molecule has 0 saturated carbocycles. The zero-order chi connectivity index (χ0) is 18.9. The Morgan fingerprint density at radius 1 is 1.11 bits per heavy atom. The second kappa shape index (κ2) is 13.2. The van der Waals surface area contributed by atoms with E-state index in [4.69, 9.17) is 4.74 Å². The lowest BCUT2D eigenvalue weighted by molar-refractivity contribution is -0.0284. The molecule has 2 rings (SSSR count). The van der Waals surface area contributed by atoms with Crippen molar-refractivity contribution in [2.24, 2.45) is 16.8 Å². The maximum atomic E-state index is 5.93. The van der Waals surface area contributed by atoms with Gasteiger partial charge in [0.05, 0.1) is 12.7 Å².